The van der Waals surface area contributed by atoms with E-state index >= 15 is 0 Å². The number of rotatable bonds is 4. The van der Waals surface area contributed by atoms with Gasteiger partial charge in [-0.1, -0.05) is 31.2 Å². The molecule has 29 heavy (non-hydrogen) atoms. The van der Waals surface area contributed by atoms with Crippen molar-refractivity contribution in [1.82, 2.24) is 9.55 Å². The fourth-order valence-corrected chi connectivity index (χ4v) is 3.22. The van der Waals surface area contributed by atoms with Crippen molar-refractivity contribution in [3.63, 3.8) is 0 Å². The molecule has 0 aliphatic heterocycles. The number of amides is 1. The molecule has 0 bridgehead atoms. The van der Waals surface area contributed by atoms with Gasteiger partial charge in [-0.2, -0.15) is 13.2 Å². The summed E-state index contributed by atoms with van der Waals surface area (Å²) in [7, 11) is 0. The van der Waals surface area contributed by atoms with Crippen LogP contribution in [0, 0.1) is 13.8 Å². The molecular formula is C21H20F3N3O2. The van der Waals surface area contributed by atoms with Crippen LogP contribution >= 0.6 is 0 Å². The number of anilines is 1. The second kappa shape index (κ2) is 7.69. The summed E-state index contributed by atoms with van der Waals surface area (Å²) in [5.41, 5.74) is -0.415. The SMILES string of the molecule is CC[C@H](C(=O)Nc1cc(C)ccc1C)n1c(=O)c(C(F)(F)F)nc2ccccc21. The van der Waals surface area contributed by atoms with E-state index in [0.717, 1.165) is 15.7 Å². The first kappa shape index (κ1) is 20.6. The lowest BCUT2D eigenvalue weighted by Crippen LogP contribution is -2.37. The smallest absolute Gasteiger partial charge is 0.324 e. The molecule has 0 saturated heterocycles. The maximum Gasteiger partial charge on any atom is 0.438 e. The molecule has 5 nitrogen and oxygen atoms in total. The zero-order valence-electron chi connectivity index (χ0n) is 16.2. The van der Waals surface area contributed by atoms with Gasteiger partial charge in [-0.25, -0.2) is 4.98 Å². The number of nitrogens with zero attached hydrogens (tertiary/aromatic N) is 2. The van der Waals surface area contributed by atoms with Crippen molar-refractivity contribution in [2.24, 2.45) is 0 Å². The molecule has 1 atom stereocenters. The van der Waals surface area contributed by atoms with Gasteiger partial charge in [0.15, 0.2) is 0 Å². The Morgan fingerprint density at radius 3 is 2.52 bits per heavy atom. The molecule has 1 amide bonds. The number of halogens is 3. The first-order chi connectivity index (χ1) is 13.6. The van der Waals surface area contributed by atoms with Crippen LogP contribution in [0.25, 0.3) is 11.0 Å². The van der Waals surface area contributed by atoms with Crippen LogP contribution in [0.3, 0.4) is 0 Å². The van der Waals surface area contributed by atoms with Crippen molar-refractivity contribution in [3.8, 4) is 0 Å². The molecular weight excluding hydrogens is 383 g/mol. The van der Waals surface area contributed by atoms with Crippen molar-refractivity contribution < 1.29 is 18.0 Å². The van der Waals surface area contributed by atoms with Crippen molar-refractivity contribution in [3.05, 3.63) is 69.6 Å². The van der Waals surface area contributed by atoms with Crippen LogP contribution in [0.15, 0.2) is 47.3 Å². The maximum atomic E-state index is 13.4. The predicted octanol–water partition coefficient (Wildman–Crippen LogP) is 4.62. The molecule has 0 radical (unpaired) electrons. The lowest BCUT2D eigenvalue weighted by molar-refractivity contribution is -0.142. The highest BCUT2D eigenvalue weighted by atomic mass is 19.4. The van der Waals surface area contributed by atoms with Gasteiger partial charge in [-0.15, -0.1) is 0 Å². The summed E-state index contributed by atoms with van der Waals surface area (Å²) in [6.07, 6.45) is -4.80. The summed E-state index contributed by atoms with van der Waals surface area (Å²) >= 11 is 0. The number of fused-ring (bicyclic) bond motifs is 1. The van der Waals surface area contributed by atoms with Crippen LogP contribution in [0.2, 0.25) is 0 Å². The Morgan fingerprint density at radius 2 is 1.86 bits per heavy atom. The van der Waals surface area contributed by atoms with Crippen molar-refractivity contribution in [1.29, 1.82) is 0 Å². The van der Waals surface area contributed by atoms with E-state index in [1.54, 1.807) is 19.1 Å². The monoisotopic (exact) mass is 403 g/mol. The van der Waals surface area contributed by atoms with Crippen LogP contribution in [-0.2, 0) is 11.0 Å². The topological polar surface area (TPSA) is 64.0 Å². The van der Waals surface area contributed by atoms with Gasteiger partial charge in [0.25, 0.3) is 5.56 Å². The quantitative estimate of drug-likeness (QED) is 0.691. The summed E-state index contributed by atoms with van der Waals surface area (Å²) in [5, 5.41) is 2.75. The minimum Gasteiger partial charge on any atom is -0.324 e. The van der Waals surface area contributed by atoms with Crippen LogP contribution in [0.4, 0.5) is 18.9 Å². The van der Waals surface area contributed by atoms with E-state index in [0.29, 0.717) is 5.69 Å². The van der Waals surface area contributed by atoms with Crippen LogP contribution in [0.1, 0.15) is 36.2 Å². The van der Waals surface area contributed by atoms with E-state index in [9.17, 15) is 22.8 Å². The van der Waals surface area contributed by atoms with Gasteiger partial charge in [0.05, 0.1) is 11.0 Å². The summed E-state index contributed by atoms with van der Waals surface area (Å²) in [5.74, 6) is -0.562. The standard InChI is InChI=1S/C21H20F3N3O2/c1-4-16(19(28)26-15-11-12(2)9-10-13(15)3)27-17-8-6-5-7-14(17)25-18(20(27)29)21(22,23)24/h5-11,16H,4H2,1-3H3,(H,26,28)/t16-/m1/s1. The third-order valence-corrected chi connectivity index (χ3v) is 4.72. The Labute approximate surface area is 165 Å². The van der Waals surface area contributed by atoms with Crippen LogP contribution in [-0.4, -0.2) is 15.5 Å². The first-order valence-electron chi connectivity index (χ1n) is 9.10. The molecule has 1 aromatic heterocycles. The van der Waals surface area contributed by atoms with Crippen molar-refractivity contribution in [2.75, 3.05) is 5.32 Å². The zero-order valence-corrected chi connectivity index (χ0v) is 16.2. The number of benzene rings is 2. The Kier molecular flexibility index (Phi) is 5.46. The van der Waals surface area contributed by atoms with Gasteiger partial charge in [0.2, 0.25) is 11.6 Å². The average molecular weight is 403 g/mol. The third kappa shape index (κ3) is 4.01. The van der Waals surface area contributed by atoms with Gasteiger partial charge in [-0.3, -0.25) is 14.2 Å². The molecule has 3 rings (SSSR count). The van der Waals surface area contributed by atoms with E-state index in [1.165, 1.54) is 18.2 Å². The summed E-state index contributed by atoms with van der Waals surface area (Å²) in [6.45, 7) is 5.32. The second-order valence-electron chi connectivity index (χ2n) is 6.85. The first-order valence-corrected chi connectivity index (χ1v) is 9.10. The number of hydrogen-bond acceptors (Lipinski definition) is 3. The highest BCUT2D eigenvalue weighted by molar-refractivity contribution is 5.95. The van der Waals surface area contributed by atoms with Gasteiger partial charge in [0.1, 0.15) is 6.04 Å². The number of nitrogens with one attached hydrogen (secondary N) is 1. The van der Waals surface area contributed by atoms with E-state index < -0.39 is 29.4 Å². The lowest BCUT2D eigenvalue weighted by Gasteiger charge is -2.22. The molecule has 3 aromatic rings. The fourth-order valence-electron chi connectivity index (χ4n) is 3.22. The summed E-state index contributed by atoms with van der Waals surface area (Å²) < 4.78 is 41.1. The lowest BCUT2D eigenvalue weighted by atomic mass is 10.1. The number of carbonyl (C=O) groups excluding carboxylic acids is 1. The number of carbonyl (C=O) groups is 1. The minimum absolute atomic E-state index is 0.00240. The predicted molar refractivity (Wildman–Crippen MR) is 105 cm³/mol. The number of para-hydroxylation sites is 2. The molecule has 152 valence electrons. The molecule has 0 aliphatic rings. The number of hydrogen-bond donors (Lipinski definition) is 1. The molecule has 0 unspecified atom stereocenters. The summed E-state index contributed by atoms with van der Waals surface area (Å²) in [6, 6.07) is 10.4. The van der Waals surface area contributed by atoms with E-state index in [-0.39, 0.29) is 17.5 Å². The number of alkyl halides is 3. The Hall–Kier alpha value is -3.16. The molecule has 2 aromatic carbocycles. The van der Waals surface area contributed by atoms with E-state index in [1.807, 2.05) is 26.0 Å². The van der Waals surface area contributed by atoms with Gasteiger partial charge < -0.3 is 5.32 Å². The minimum atomic E-state index is -4.93. The third-order valence-electron chi connectivity index (χ3n) is 4.72. The zero-order chi connectivity index (χ0) is 21.3. The normalized spacial score (nSPS) is 12.8. The number of aromatic nitrogens is 2. The molecule has 1 heterocycles. The summed E-state index contributed by atoms with van der Waals surface area (Å²) in [4.78, 5) is 29.2. The van der Waals surface area contributed by atoms with Crippen LogP contribution in [0.5, 0.6) is 0 Å². The van der Waals surface area contributed by atoms with Crippen LogP contribution < -0.4 is 10.9 Å². The highest BCUT2D eigenvalue weighted by Gasteiger charge is 2.38. The number of aryl methyl sites for hydroxylation is 2. The molecule has 1 N–H and O–H groups in total. The Balaban J connectivity index is 2.16. The molecule has 0 aliphatic carbocycles. The van der Waals surface area contributed by atoms with Gasteiger partial charge in [-0.05, 0) is 49.6 Å². The average Bonchev–Trinajstić information content (AvgIpc) is 2.65. The Morgan fingerprint density at radius 1 is 1.17 bits per heavy atom. The Bertz CT molecular complexity index is 1140. The fraction of sp³-hybridized carbons (Fsp3) is 0.286. The molecule has 0 saturated carbocycles. The van der Waals surface area contributed by atoms with E-state index in [2.05, 4.69) is 10.3 Å². The van der Waals surface area contributed by atoms with Gasteiger partial charge in [0, 0.05) is 5.69 Å². The van der Waals surface area contributed by atoms with Gasteiger partial charge >= 0.3 is 6.18 Å². The maximum absolute atomic E-state index is 13.4. The van der Waals surface area contributed by atoms with Crippen molar-refractivity contribution in [2.45, 2.75) is 39.4 Å². The second-order valence-corrected chi connectivity index (χ2v) is 6.85. The van der Waals surface area contributed by atoms with Crippen molar-refractivity contribution >= 4 is 22.6 Å². The largest absolute Gasteiger partial charge is 0.438 e. The molecule has 0 spiro atoms. The van der Waals surface area contributed by atoms with E-state index in [4.69, 9.17) is 0 Å². The molecule has 0 fully saturated rings. The highest BCUT2D eigenvalue weighted by Crippen LogP contribution is 2.28. The molecule has 8 heteroatoms.